The summed E-state index contributed by atoms with van der Waals surface area (Å²) in [7, 11) is -9.91. The van der Waals surface area contributed by atoms with Gasteiger partial charge in [0.25, 0.3) is 0 Å². The van der Waals surface area contributed by atoms with Crippen LogP contribution in [0.2, 0.25) is 0 Å². The highest BCUT2D eigenvalue weighted by molar-refractivity contribution is 7.47. The predicted molar refractivity (Wildman–Crippen MR) is 363 cm³/mol. The van der Waals surface area contributed by atoms with E-state index in [1.807, 2.05) is 0 Å². The van der Waals surface area contributed by atoms with Gasteiger partial charge in [-0.1, -0.05) is 284 Å². The van der Waals surface area contributed by atoms with Crippen molar-refractivity contribution in [3.63, 3.8) is 0 Å². The lowest BCUT2D eigenvalue weighted by molar-refractivity contribution is -0.161. The summed E-state index contributed by atoms with van der Waals surface area (Å²) in [6.45, 7) is 9.43. The molecule has 0 radical (unpaired) electrons. The fourth-order valence-electron chi connectivity index (χ4n) is 10.2. The van der Waals surface area contributed by atoms with Gasteiger partial charge in [0.2, 0.25) is 0 Å². The van der Waals surface area contributed by atoms with Gasteiger partial charge in [-0.3, -0.25) is 37.3 Å². The minimum atomic E-state index is -4.96. The molecule has 0 aromatic carbocycles. The summed E-state index contributed by atoms with van der Waals surface area (Å²) in [5.41, 5.74) is 0. The summed E-state index contributed by atoms with van der Waals surface area (Å²) in [6.07, 6.45) is 50.7. The maximum Gasteiger partial charge on any atom is 0.472 e. The molecule has 0 saturated carbocycles. The van der Waals surface area contributed by atoms with Gasteiger partial charge in [0, 0.05) is 25.7 Å². The van der Waals surface area contributed by atoms with E-state index in [2.05, 4.69) is 65.8 Å². The van der Waals surface area contributed by atoms with E-state index in [1.54, 1.807) is 0 Å². The van der Waals surface area contributed by atoms with Crippen LogP contribution in [0.3, 0.4) is 0 Å². The SMILES string of the molecule is CCCCCC/C=C\C=C/CCCCCCCC(=O)O[C@H](COC(=O)CCCCCCCCCCCCC(C)C)COP(=O)(O)OC[C@@H](O)COP(=O)(O)OC[C@@H](COC(=O)CCCCCCCCCCCCC)OC(=O)CCCCCCCCCCC(C)C. The van der Waals surface area contributed by atoms with Crippen LogP contribution in [-0.2, 0) is 65.4 Å². The second-order valence-corrected chi connectivity index (χ2v) is 28.8. The number of hydrogen-bond donors (Lipinski definition) is 3. The number of ether oxygens (including phenoxy) is 4. The van der Waals surface area contributed by atoms with Crippen molar-refractivity contribution in [2.24, 2.45) is 11.8 Å². The summed E-state index contributed by atoms with van der Waals surface area (Å²) in [4.78, 5) is 72.5. The maximum atomic E-state index is 13.0. The number of unbranched alkanes of at least 4 members (excludes halogenated alkanes) is 35. The first-order valence-corrected chi connectivity index (χ1v) is 39.3. The Morgan fingerprint density at radius 1 is 0.344 bits per heavy atom. The Morgan fingerprint density at radius 2 is 0.600 bits per heavy atom. The van der Waals surface area contributed by atoms with Crippen LogP contribution in [0.15, 0.2) is 24.3 Å². The largest absolute Gasteiger partial charge is 0.472 e. The van der Waals surface area contributed by atoms with E-state index in [4.69, 9.17) is 37.0 Å². The average Bonchev–Trinajstić information content (AvgIpc) is 3.30. The first-order chi connectivity index (χ1) is 43.4. The number of carbonyl (C=O) groups excluding carboxylic acids is 4. The van der Waals surface area contributed by atoms with Gasteiger partial charge >= 0.3 is 39.5 Å². The number of phosphoric ester groups is 2. The highest BCUT2D eigenvalue weighted by Gasteiger charge is 2.30. The molecule has 2 unspecified atom stereocenters. The first-order valence-electron chi connectivity index (χ1n) is 36.3. The van der Waals surface area contributed by atoms with Crippen molar-refractivity contribution in [3.8, 4) is 0 Å². The second-order valence-electron chi connectivity index (χ2n) is 25.9. The maximum absolute atomic E-state index is 13.0. The molecule has 3 N–H and O–H groups in total. The smallest absolute Gasteiger partial charge is 0.462 e. The fraction of sp³-hybridized carbons (Fsp3) is 0.887. The van der Waals surface area contributed by atoms with Crippen molar-refractivity contribution < 1.29 is 80.2 Å². The molecular formula is C71H134O17P2. The van der Waals surface area contributed by atoms with Gasteiger partial charge in [0.1, 0.15) is 19.3 Å². The Hall–Kier alpha value is -2.46. The number of esters is 4. The predicted octanol–water partition coefficient (Wildman–Crippen LogP) is 19.9. The van der Waals surface area contributed by atoms with E-state index in [0.717, 1.165) is 115 Å². The monoisotopic (exact) mass is 1320 g/mol. The van der Waals surface area contributed by atoms with Crippen molar-refractivity contribution in [2.75, 3.05) is 39.6 Å². The van der Waals surface area contributed by atoms with Crippen molar-refractivity contribution in [2.45, 2.75) is 355 Å². The molecule has 0 aliphatic heterocycles. The zero-order valence-corrected chi connectivity index (χ0v) is 59.7. The van der Waals surface area contributed by atoms with Crippen molar-refractivity contribution in [3.05, 3.63) is 24.3 Å². The third kappa shape index (κ3) is 64.3. The molecule has 0 aliphatic rings. The summed E-state index contributed by atoms with van der Waals surface area (Å²) in [5, 5.41) is 10.6. The molecule has 90 heavy (non-hydrogen) atoms. The second kappa shape index (κ2) is 62.6. The van der Waals surface area contributed by atoms with E-state index in [0.29, 0.717) is 25.7 Å². The number of aliphatic hydroxyl groups is 1. The van der Waals surface area contributed by atoms with Gasteiger partial charge in [0.15, 0.2) is 12.2 Å². The van der Waals surface area contributed by atoms with Crippen LogP contribution in [0.25, 0.3) is 0 Å². The zero-order chi connectivity index (χ0) is 66.5. The van der Waals surface area contributed by atoms with E-state index in [1.165, 1.54) is 141 Å². The molecule has 0 amide bonds. The summed E-state index contributed by atoms with van der Waals surface area (Å²) in [6, 6.07) is 0. The molecular weight excluding hydrogens is 1190 g/mol. The molecule has 0 aliphatic carbocycles. The summed E-state index contributed by atoms with van der Waals surface area (Å²) < 4.78 is 68.3. The molecule has 0 heterocycles. The average molecular weight is 1320 g/mol. The normalized spacial score (nSPS) is 14.3. The quantitative estimate of drug-likeness (QED) is 0.0169. The standard InChI is InChI=1S/C71H134O17P2/c1-7-9-11-13-15-17-19-20-21-22-24-30-37-43-49-55-70(75)87-66(59-82-69(74)54-48-42-36-29-26-25-27-33-39-45-51-63(3)4)61-85-89(77,78)83-57-65(72)58-84-90(79,80)86-62-67(88-71(76)56-50-44-38-32-31-34-40-46-52-64(5)6)60-81-68(73)53-47-41-35-28-23-18-16-14-12-10-8-2/h17,19-21,63-67,72H,7-16,18,22-62H2,1-6H3,(H,77,78)(H,79,80)/b19-17-,21-20-/t65-,66-,67-/m1/s1. The van der Waals surface area contributed by atoms with E-state index in [9.17, 15) is 43.2 Å². The molecule has 0 rings (SSSR count). The number of carbonyl (C=O) groups is 4. The first kappa shape index (κ1) is 87.5. The van der Waals surface area contributed by atoms with Crippen molar-refractivity contribution >= 4 is 39.5 Å². The van der Waals surface area contributed by atoms with E-state index in [-0.39, 0.29) is 25.7 Å². The lowest BCUT2D eigenvalue weighted by atomic mass is 10.0. The molecule has 0 fully saturated rings. The van der Waals surface area contributed by atoms with Crippen LogP contribution >= 0.6 is 15.6 Å². The van der Waals surface area contributed by atoms with Crippen LogP contribution in [0.1, 0.15) is 337 Å². The molecule has 17 nitrogen and oxygen atoms in total. The van der Waals surface area contributed by atoms with Gasteiger partial charge in [-0.25, -0.2) is 9.13 Å². The van der Waals surface area contributed by atoms with Gasteiger partial charge in [0.05, 0.1) is 26.4 Å². The van der Waals surface area contributed by atoms with E-state index < -0.39 is 97.5 Å². The van der Waals surface area contributed by atoms with Gasteiger partial charge in [-0.15, -0.1) is 0 Å². The zero-order valence-electron chi connectivity index (χ0n) is 57.9. The molecule has 0 aromatic heterocycles. The van der Waals surface area contributed by atoms with Crippen LogP contribution in [-0.4, -0.2) is 96.7 Å². The third-order valence-electron chi connectivity index (χ3n) is 15.8. The van der Waals surface area contributed by atoms with Crippen LogP contribution in [0.5, 0.6) is 0 Å². The number of aliphatic hydroxyl groups excluding tert-OH is 1. The number of phosphoric acid groups is 2. The topological polar surface area (TPSA) is 237 Å². The number of allylic oxidation sites excluding steroid dienone is 4. The third-order valence-corrected chi connectivity index (χ3v) is 17.7. The molecule has 0 aromatic rings. The van der Waals surface area contributed by atoms with Gasteiger partial charge in [-0.05, 0) is 63.2 Å². The summed E-state index contributed by atoms with van der Waals surface area (Å²) in [5.74, 6) is -0.682. The van der Waals surface area contributed by atoms with E-state index >= 15 is 0 Å². The molecule has 5 atom stereocenters. The van der Waals surface area contributed by atoms with Crippen LogP contribution < -0.4 is 0 Å². The number of rotatable bonds is 68. The Labute approximate surface area is 548 Å². The Balaban J connectivity index is 5.29. The van der Waals surface area contributed by atoms with Crippen LogP contribution in [0.4, 0.5) is 0 Å². The minimum Gasteiger partial charge on any atom is -0.462 e. The Kier molecular flexibility index (Phi) is 60.9. The minimum absolute atomic E-state index is 0.0846. The fourth-order valence-corrected chi connectivity index (χ4v) is 11.8. The van der Waals surface area contributed by atoms with Gasteiger partial charge in [-0.2, -0.15) is 0 Å². The van der Waals surface area contributed by atoms with Crippen LogP contribution in [0, 0.1) is 11.8 Å². The molecule has 0 bridgehead atoms. The Bertz CT molecular complexity index is 1850. The highest BCUT2D eigenvalue weighted by atomic mass is 31.2. The molecule has 530 valence electrons. The van der Waals surface area contributed by atoms with Crippen molar-refractivity contribution in [1.29, 1.82) is 0 Å². The number of hydrogen-bond acceptors (Lipinski definition) is 15. The van der Waals surface area contributed by atoms with Crippen molar-refractivity contribution in [1.82, 2.24) is 0 Å². The molecule has 0 spiro atoms. The Morgan fingerprint density at radius 3 is 0.911 bits per heavy atom. The van der Waals surface area contributed by atoms with Gasteiger partial charge < -0.3 is 33.8 Å². The highest BCUT2D eigenvalue weighted by Crippen LogP contribution is 2.45. The summed E-state index contributed by atoms with van der Waals surface area (Å²) >= 11 is 0. The molecule has 19 heteroatoms. The lowest BCUT2D eigenvalue weighted by Gasteiger charge is -2.21. The lowest BCUT2D eigenvalue weighted by Crippen LogP contribution is -2.30. The molecule has 0 saturated heterocycles.